The number of ether oxygens (including phenoxy) is 5. The number of nitrogens with zero attached hydrogens (tertiary/aromatic N) is 2. The standard InChI is InChI=1S/C33H30BrClN2O7S/c1-5-42-25-12-9-21(16-26(25)43-6-2)29-23(32(39)41-4)17-36-33-37(29)31(38)28(45-33)15-20-13-24(34)30(27(14-20)40-3)44-18-19-7-10-22(35)11-8-19/h7-17,29H,5-6,18H2,1-4H3/b28-15-/t29-/m0/s1. The molecular weight excluding hydrogens is 684 g/mol. The van der Waals surface area contributed by atoms with Gasteiger partial charge in [0.15, 0.2) is 27.8 Å². The number of carbonyl (C=O) groups excluding carboxylic acids is 1. The minimum atomic E-state index is -0.796. The SMILES string of the molecule is CCOc1ccc([C@H]2C(C(=O)OC)=CN=c3s/c(=C\c4cc(Br)c(OCc5ccc(Cl)cc5)c(OC)c4)c(=O)n32)cc1OCC. The number of esters is 1. The van der Waals surface area contributed by atoms with Crippen LogP contribution in [0.4, 0.5) is 0 Å². The Morgan fingerprint density at radius 3 is 2.42 bits per heavy atom. The van der Waals surface area contributed by atoms with Gasteiger partial charge in [0.2, 0.25) is 0 Å². The third-order valence-electron chi connectivity index (χ3n) is 6.85. The average molecular weight is 714 g/mol. The molecule has 2 heterocycles. The molecule has 1 atom stereocenters. The second kappa shape index (κ2) is 14.4. The van der Waals surface area contributed by atoms with Crippen LogP contribution < -0.4 is 33.8 Å². The molecule has 0 unspecified atom stereocenters. The fourth-order valence-corrected chi connectivity index (χ4v) is 6.51. The van der Waals surface area contributed by atoms with E-state index in [9.17, 15) is 9.59 Å². The van der Waals surface area contributed by atoms with Crippen molar-refractivity contribution in [2.24, 2.45) is 4.99 Å². The highest BCUT2D eigenvalue weighted by molar-refractivity contribution is 9.10. The molecule has 0 bridgehead atoms. The van der Waals surface area contributed by atoms with Gasteiger partial charge in [0, 0.05) is 11.2 Å². The number of halogens is 2. The van der Waals surface area contributed by atoms with Crippen LogP contribution in [-0.4, -0.2) is 38.0 Å². The topological polar surface area (TPSA) is 97.6 Å². The third kappa shape index (κ3) is 6.95. The third-order valence-corrected chi connectivity index (χ3v) is 8.69. The molecule has 3 aromatic carbocycles. The van der Waals surface area contributed by atoms with E-state index in [-0.39, 0.29) is 11.1 Å². The van der Waals surface area contributed by atoms with Gasteiger partial charge in [-0.15, -0.1) is 0 Å². The van der Waals surface area contributed by atoms with E-state index in [0.29, 0.717) is 72.8 Å². The van der Waals surface area contributed by atoms with Gasteiger partial charge in [-0.2, -0.15) is 0 Å². The molecule has 0 fully saturated rings. The number of fused-ring (bicyclic) bond motifs is 1. The van der Waals surface area contributed by atoms with Crippen LogP contribution >= 0.6 is 38.9 Å². The van der Waals surface area contributed by atoms with E-state index in [1.54, 1.807) is 43.5 Å². The summed E-state index contributed by atoms with van der Waals surface area (Å²) in [6.07, 6.45) is 3.21. The van der Waals surface area contributed by atoms with Crippen LogP contribution in [0.1, 0.15) is 36.6 Å². The Labute approximate surface area is 277 Å². The van der Waals surface area contributed by atoms with Crippen molar-refractivity contribution in [3.05, 3.63) is 112 Å². The summed E-state index contributed by atoms with van der Waals surface area (Å²) >= 11 is 10.8. The van der Waals surface area contributed by atoms with Crippen LogP contribution in [0.15, 0.2) is 80.6 Å². The molecule has 0 N–H and O–H groups in total. The smallest absolute Gasteiger partial charge is 0.337 e. The van der Waals surface area contributed by atoms with Crippen LogP contribution in [0.2, 0.25) is 5.02 Å². The van der Waals surface area contributed by atoms with E-state index < -0.39 is 12.0 Å². The normalized spacial score (nSPS) is 14.2. The summed E-state index contributed by atoms with van der Waals surface area (Å²) in [7, 11) is 2.85. The molecule has 0 spiro atoms. The van der Waals surface area contributed by atoms with E-state index >= 15 is 0 Å². The summed E-state index contributed by atoms with van der Waals surface area (Å²) in [5.41, 5.74) is 2.19. The van der Waals surface area contributed by atoms with Gasteiger partial charge < -0.3 is 23.7 Å². The second-order valence-electron chi connectivity index (χ2n) is 9.70. The number of carbonyl (C=O) groups is 1. The van der Waals surface area contributed by atoms with E-state index in [2.05, 4.69) is 20.9 Å². The quantitative estimate of drug-likeness (QED) is 0.181. The lowest BCUT2D eigenvalue weighted by molar-refractivity contribution is -0.136. The van der Waals surface area contributed by atoms with Crippen molar-refractivity contribution in [1.82, 2.24) is 4.57 Å². The largest absolute Gasteiger partial charge is 0.493 e. The summed E-state index contributed by atoms with van der Waals surface area (Å²) in [6.45, 7) is 4.93. The molecule has 12 heteroatoms. The number of rotatable bonds is 11. The van der Waals surface area contributed by atoms with E-state index in [1.807, 2.05) is 38.1 Å². The zero-order valence-corrected chi connectivity index (χ0v) is 28.1. The molecule has 0 saturated heterocycles. The number of hydrogen-bond donors (Lipinski definition) is 0. The highest BCUT2D eigenvalue weighted by Crippen LogP contribution is 2.38. The van der Waals surface area contributed by atoms with Gasteiger partial charge in [-0.3, -0.25) is 9.36 Å². The van der Waals surface area contributed by atoms with Crippen LogP contribution in [0.25, 0.3) is 6.08 Å². The van der Waals surface area contributed by atoms with Crippen molar-refractivity contribution in [3.8, 4) is 23.0 Å². The van der Waals surface area contributed by atoms with Gasteiger partial charge in [-0.05, 0) is 88.9 Å². The molecule has 1 aromatic heterocycles. The first-order valence-electron chi connectivity index (χ1n) is 14.0. The summed E-state index contributed by atoms with van der Waals surface area (Å²) < 4.78 is 30.9. The van der Waals surface area contributed by atoms with E-state index in [0.717, 1.165) is 5.56 Å². The molecule has 0 amide bonds. The Morgan fingerprint density at radius 1 is 1.00 bits per heavy atom. The van der Waals surface area contributed by atoms with Crippen LogP contribution in [0.5, 0.6) is 23.0 Å². The Hall–Kier alpha value is -4.06. The fraction of sp³-hybridized carbons (Fsp3) is 0.242. The number of thiazole rings is 1. The number of hydrogen-bond acceptors (Lipinski definition) is 9. The van der Waals surface area contributed by atoms with Crippen molar-refractivity contribution < 1.29 is 28.5 Å². The molecule has 9 nitrogen and oxygen atoms in total. The maximum atomic E-state index is 14.0. The van der Waals surface area contributed by atoms with Crippen LogP contribution in [0, 0.1) is 0 Å². The maximum Gasteiger partial charge on any atom is 0.337 e. The number of benzene rings is 3. The van der Waals surface area contributed by atoms with Gasteiger partial charge in [0.1, 0.15) is 6.61 Å². The summed E-state index contributed by atoms with van der Waals surface area (Å²) in [6, 6.07) is 15.6. The minimum Gasteiger partial charge on any atom is -0.493 e. The average Bonchev–Trinajstić information content (AvgIpc) is 3.35. The predicted octanol–water partition coefficient (Wildman–Crippen LogP) is 5.82. The van der Waals surface area contributed by atoms with E-state index in [4.69, 9.17) is 35.3 Å². The Kier molecular flexibility index (Phi) is 10.3. The zero-order chi connectivity index (χ0) is 32.1. The van der Waals surface area contributed by atoms with Gasteiger partial charge in [-0.25, -0.2) is 9.79 Å². The molecule has 0 radical (unpaired) electrons. The van der Waals surface area contributed by atoms with Crippen molar-refractivity contribution in [3.63, 3.8) is 0 Å². The van der Waals surface area contributed by atoms with Gasteiger partial charge in [-0.1, -0.05) is 41.1 Å². The van der Waals surface area contributed by atoms with Gasteiger partial charge in [0.05, 0.1) is 48.1 Å². The van der Waals surface area contributed by atoms with E-state index in [1.165, 1.54) is 29.2 Å². The predicted molar refractivity (Wildman–Crippen MR) is 176 cm³/mol. The first-order valence-corrected chi connectivity index (χ1v) is 16.0. The molecule has 234 valence electrons. The summed E-state index contributed by atoms with van der Waals surface area (Å²) in [5.74, 6) is 1.50. The van der Waals surface area contributed by atoms with Gasteiger partial charge >= 0.3 is 5.97 Å². The number of aromatic nitrogens is 1. The lowest BCUT2D eigenvalue weighted by Crippen LogP contribution is -2.39. The van der Waals surface area contributed by atoms with Crippen LogP contribution in [0.3, 0.4) is 0 Å². The Bertz CT molecular complexity index is 1940. The Balaban J connectivity index is 1.56. The number of methoxy groups -OCH3 is 2. The first-order chi connectivity index (χ1) is 21.8. The molecule has 1 aliphatic rings. The molecule has 1 aliphatic heterocycles. The van der Waals surface area contributed by atoms with Crippen molar-refractivity contribution >= 4 is 50.9 Å². The first kappa shape index (κ1) is 32.3. The molecule has 0 saturated carbocycles. The second-order valence-corrected chi connectivity index (χ2v) is 12.0. The zero-order valence-electron chi connectivity index (χ0n) is 25.0. The highest BCUT2D eigenvalue weighted by atomic mass is 79.9. The van der Waals surface area contributed by atoms with Crippen molar-refractivity contribution in [1.29, 1.82) is 0 Å². The van der Waals surface area contributed by atoms with Crippen molar-refractivity contribution in [2.45, 2.75) is 26.5 Å². The monoisotopic (exact) mass is 712 g/mol. The molecular formula is C33H30BrClN2O7S. The van der Waals surface area contributed by atoms with Gasteiger partial charge in [0.25, 0.3) is 5.56 Å². The molecule has 0 aliphatic carbocycles. The van der Waals surface area contributed by atoms with Crippen molar-refractivity contribution in [2.75, 3.05) is 27.4 Å². The lowest BCUT2D eigenvalue weighted by atomic mass is 9.97. The fourth-order valence-electron chi connectivity index (χ4n) is 4.84. The maximum absolute atomic E-state index is 14.0. The summed E-state index contributed by atoms with van der Waals surface area (Å²) in [4.78, 5) is 31.8. The summed E-state index contributed by atoms with van der Waals surface area (Å²) in [5, 5.41) is 0.648. The molecule has 5 rings (SSSR count). The molecule has 45 heavy (non-hydrogen) atoms. The Morgan fingerprint density at radius 2 is 1.73 bits per heavy atom. The van der Waals surface area contributed by atoms with Crippen LogP contribution in [-0.2, 0) is 16.1 Å². The lowest BCUT2D eigenvalue weighted by Gasteiger charge is -2.23. The molecule has 4 aromatic rings. The highest BCUT2D eigenvalue weighted by Gasteiger charge is 2.31. The minimum absolute atomic E-state index is 0.217.